The van der Waals surface area contributed by atoms with Crippen molar-refractivity contribution < 1.29 is 9.59 Å². The lowest BCUT2D eigenvalue weighted by Crippen LogP contribution is -2.56. The quantitative estimate of drug-likeness (QED) is 0.626. The number of carbonyl (C=O) groups is 2. The van der Waals surface area contributed by atoms with Crippen LogP contribution in [0.5, 0.6) is 0 Å². The molecule has 0 spiro atoms. The monoisotopic (exact) mass is 456 g/mol. The highest BCUT2D eigenvalue weighted by Crippen LogP contribution is 2.28. The Morgan fingerprint density at radius 1 is 1.25 bits per heavy atom. The summed E-state index contributed by atoms with van der Waals surface area (Å²) in [5, 5.41) is 6.45. The van der Waals surface area contributed by atoms with Gasteiger partial charge in [0.25, 0.3) is 0 Å². The highest BCUT2D eigenvalue weighted by molar-refractivity contribution is 7.13. The third-order valence-corrected chi connectivity index (χ3v) is 6.96. The van der Waals surface area contributed by atoms with Crippen molar-refractivity contribution in [2.45, 2.75) is 72.5 Å². The van der Waals surface area contributed by atoms with E-state index in [-0.39, 0.29) is 23.3 Å². The first-order chi connectivity index (χ1) is 15.2. The molecule has 6 nitrogen and oxygen atoms in total. The molecule has 2 atom stereocenters. The molecule has 32 heavy (non-hydrogen) atoms. The molecule has 2 amide bonds. The van der Waals surface area contributed by atoms with E-state index in [1.165, 1.54) is 4.88 Å². The molecule has 1 aliphatic heterocycles. The minimum absolute atomic E-state index is 0.0351. The number of thiazole rings is 1. The van der Waals surface area contributed by atoms with Crippen LogP contribution in [0.1, 0.15) is 58.2 Å². The number of carbonyl (C=O) groups excluding carboxylic acids is 2. The molecule has 2 aromatic rings. The van der Waals surface area contributed by atoms with Crippen molar-refractivity contribution in [2.75, 3.05) is 13.1 Å². The molecule has 1 saturated heterocycles. The Hall–Kier alpha value is -2.25. The normalized spacial score (nSPS) is 17.4. The molecule has 0 radical (unpaired) electrons. The molecule has 174 valence electrons. The molecule has 2 heterocycles. The fourth-order valence-corrected chi connectivity index (χ4v) is 4.99. The van der Waals surface area contributed by atoms with Gasteiger partial charge in [-0.25, -0.2) is 4.98 Å². The summed E-state index contributed by atoms with van der Waals surface area (Å²) in [7, 11) is 0. The van der Waals surface area contributed by atoms with Crippen LogP contribution >= 0.6 is 11.3 Å². The third kappa shape index (κ3) is 5.75. The van der Waals surface area contributed by atoms with Crippen molar-refractivity contribution >= 4 is 23.2 Å². The number of hydrogen-bond acceptors (Lipinski definition) is 5. The molecule has 1 aromatic heterocycles. The summed E-state index contributed by atoms with van der Waals surface area (Å²) in [5.74, 6) is -0.0331. The predicted molar refractivity (Wildman–Crippen MR) is 130 cm³/mol. The van der Waals surface area contributed by atoms with Gasteiger partial charge in [-0.3, -0.25) is 9.59 Å². The van der Waals surface area contributed by atoms with Crippen molar-refractivity contribution in [1.29, 1.82) is 0 Å². The van der Waals surface area contributed by atoms with Crippen molar-refractivity contribution in [2.24, 2.45) is 5.41 Å². The number of rotatable bonds is 8. The van der Waals surface area contributed by atoms with Crippen LogP contribution < -0.4 is 10.6 Å². The molecule has 0 saturated carbocycles. The third-order valence-electron chi connectivity index (χ3n) is 5.98. The van der Waals surface area contributed by atoms with Crippen LogP contribution in [0.4, 0.5) is 0 Å². The second-order valence-electron chi connectivity index (χ2n) is 9.62. The summed E-state index contributed by atoms with van der Waals surface area (Å²) in [6, 6.07) is 7.53. The maximum Gasteiger partial charge on any atom is 0.243 e. The molecule has 1 aromatic carbocycles. The fraction of sp³-hybridized carbons (Fsp3) is 0.560. The Morgan fingerprint density at radius 3 is 2.56 bits per heavy atom. The minimum atomic E-state index is -0.394. The lowest BCUT2D eigenvalue weighted by Gasteiger charge is -2.35. The average molecular weight is 457 g/mol. The van der Waals surface area contributed by atoms with Crippen LogP contribution in [0.15, 0.2) is 29.8 Å². The summed E-state index contributed by atoms with van der Waals surface area (Å²) >= 11 is 1.63. The number of likely N-dealkylation sites (tertiary alicyclic amines) is 1. The SMILES string of the molecule is CCCNC(C(=O)N1CCC[C@H]1C(=O)NCc1ccc(-c2scnc2C)cc1)C(C)(C)C. The molecule has 1 fully saturated rings. The van der Waals surface area contributed by atoms with Gasteiger partial charge in [-0.2, -0.15) is 0 Å². The van der Waals surface area contributed by atoms with Gasteiger partial charge in [-0.05, 0) is 49.3 Å². The number of nitrogens with one attached hydrogen (secondary N) is 2. The highest BCUT2D eigenvalue weighted by atomic mass is 32.1. The molecule has 1 unspecified atom stereocenters. The van der Waals surface area contributed by atoms with Crippen molar-refractivity contribution in [3.05, 3.63) is 41.0 Å². The maximum atomic E-state index is 13.3. The van der Waals surface area contributed by atoms with Crippen LogP contribution in [-0.2, 0) is 16.1 Å². The predicted octanol–water partition coefficient (Wildman–Crippen LogP) is 4.14. The van der Waals surface area contributed by atoms with Gasteiger partial charge in [-0.1, -0.05) is 52.0 Å². The van der Waals surface area contributed by atoms with E-state index in [1.54, 1.807) is 16.2 Å². The molecule has 0 bridgehead atoms. The second kappa shape index (κ2) is 10.6. The van der Waals surface area contributed by atoms with E-state index < -0.39 is 6.04 Å². The molecule has 7 heteroatoms. The first-order valence-corrected chi connectivity index (χ1v) is 12.4. The van der Waals surface area contributed by atoms with E-state index in [0.29, 0.717) is 19.5 Å². The Labute approximate surface area is 195 Å². The van der Waals surface area contributed by atoms with Gasteiger partial charge in [0.15, 0.2) is 0 Å². The number of hydrogen-bond donors (Lipinski definition) is 2. The molecular formula is C25H36N4O2S. The van der Waals surface area contributed by atoms with E-state index in [4.69, 9.17) is 0 Å². The summed E-state index contributed by atoms with van der Waals surface area (Å²) in [5.41, 5.74) is 4.85. The highest BCUT2D eigenvalue weighted by Gasteiger charge is 2.40. The Balaban J connectivity index is 1.61. The zero-order valence-electron chi connectivity index (χ0n) is 19.9. The van der Waals surface area contributed by atoms with Gasteiger partial charge in [0.1, 0.15) is 6.04 Å². The molecule has 1 aliphatic rings. The number of aromatic nitrogens is 1. The number of aryl methyl sites for hydroxylation is 1. The van der Waals surface area contributed by atoms with Gasteiger partial charge in [0.05, 0.1) is 22.1 Å². The molecular weight excluding hydrogens is 420 g/mol. The Kier molecular flexibility index (Phi) is 8.06. The zero-order chi connectivity index (χ0) is 23.3. The lowest BCUT2D eigenvalue weighted by molar-refractivity contribution is -0.142. The van der Waals surface area contributed by atoms with Crippen molar-refractivity contribution in [1.82, 2.24) is 20.5 Å². The van der Waals surface area contributed by atoms with Crippen molar-refractivity contribution in [3.63, 3.8) is 0 Å². The average Bonchev–Trinajstić information content (AvgIpc) is 3.41. The first-order valence-electron chi connectivity index (χ1n) is 11.5. The van der Waals surface area contributed by atoms with Crippen LogP contribution in [0, 0.1) is 12.3 Å². The summed E-state index contributed by atoms with van der Waals surface area (Å²) in [6.45, 7) is 12.2. The van der Waals surface area contributed by atoms with Gasteiger partial charge in [0, 0.05) is 13.1 Å². The van der Waals surface area contributed by atoms with Crippen LogP contribution in [0.2, 0.25) is 0 Å². The van der Waals surface area contributed by atoms with E-state index in [1.807, 2.05) is 24.6 Å². The largest absolute Gasteiger partial charge is 0.350 e. The van der Waals surface area contributed by atoms with Crippen molar-refractivity contribution in [3.8, 4) is 10.4 Å². The number of benzene rings is 1. The van der Waals surface area contributed by atoms with Crippen LogP contribution in [0.3, 0.4) is 0 Å². The zero-order valence-corrected chi connectivity index (χ0v) is 20.7. The standard InChI is InChI=1S/C25H36N4O2S/c1-6-13-26-22(25(3,4)5)24(31)29-14-7-8-20(29)23(30)27-15-18-9-11-19(12-10-18)21-17(2)28-16-32-21/h9-12,16,20,22,26H,6-8,13-15H2,1-5H3,(H,27,30)/t20-,22?/m0/s1. The van der Waals surface area contributed by atoms with E-state index >= 15 is 0 Å². The van der Waals surface area contributed by atoms with Gasteiger partial charge >= 0.3 is 0 Å². The summed E-state index contributed by atoms with van der Waals surface area (Å²) in [6.07, 6.45) is 2.54. The second-order valence-corrected chi connectivity index (χ2v) is 10.5. The van der Waals surface area contributed by atoms with Gasteiger partial charge in [-0.15, -0.1) is 11.3 Å². The first kappa shape index (κ1) is 24.4. The van der Waals surface area contributed by atoms with E-state index in [2.05, 4.69) is 55.4 Å². The fourth-order valence-electron chi connectivity index (χ4n) is 4.18. The van der Waals surface area contributed by atoms with Crippen LogP contribution in [-0.4, -0.2) is 46.9 Å². The minimum Gasteiger partial charge on any atom is -0.350 e. The molecule has 0 aliphatic carbocycles. The van der Waals surface area contributed by atoms with Gasteiger partial charge in [0.2, 0.25) is 11.8 Å². The lowest BCUT2D eigenvalue weighted by atomic mass is 9.85. The molecule has 3 rings (SSSR count). The summed E-state index contributed by atoms with van der Waals surface area (Å²) in [4.78, 5) is 33.6. The summed E-state index contributed by atoms with van der Waals surface area (Å²) < 4.78 is 0. The smallest absolute Gasteiger partial charge is 0.243 e. The van der Waals surface area contributed by atoms with Gasteiger partial charge < -0.3 is 15.5 Å². The Bertz CT molecular complexity index is 917. The Morgan fingerprint density at radius 2 is 1.97 bits per heavy atom. The number of nitrogens with zero attached hydrogens (tertiary/aromatic N) is 2. The topological polar surface area (TPSA) is 74.3 Å². The van der Waals surface area contributed by atoms with E-state index in [0.717, 1.165) is 36.2 Å². The maximum absolute atomic E-state index is 13.3. The van der Waals surface area contributed by atoms with Crippen LogP contribution in [0.25, 0.3) is 10.4 Å². The molecule has 2 N–H and O–H groups in total. The number of amides is 2. The van der Waals surface area contributed by atoms with E-state index in [9.17, 15) is 9.59 Å².